The molecule has 8 unspecified atom stereocenters. The quantitative estimate of drug-likeness (QED) is 0.259. The smallest absolute Gasteiger partial charge is 0.00808 e. The van der Waals surface area contributed by atoms with Crippen molar-refractivity contribution in [2.75, 3.05) is 38.5 Å². The first-order valence-corrected chi connectivity index (χ1v) is 16.3. The fourth-order valence-electron chi connectivity index (χ4n) is 9.46. The molecule has 0 aliphatic heterocycles. The van der Waals surface area contributed by atoms with Crippen molar-refractivity contribution in [3.63, 3.8) is 0 Å². The summed E-state index contributed by atoms with van der Waals surface area (Å²) in [5, 5.41) is 8.11. The van der Waals surface area contributed by atoms with Crippen LogP contribution in [0, 0.1) is 40.4 Å². The Bertz CT molecular complexity index is 614. The van der Waals surface area contributed by atoms with Crippen LogP contribution in [0.25, 0.3) is 0 Å². The first-order chi connectivity index (χ1) is 16.5. The van der Waals surface area contributed by atoms with Crippen molar-refractivity contribution in [3.05, 3.63) is 0 Å². The number of hydrogen-bond donors (Lipinski definition) is 3. The first kappa shape index (κ1) is 27.3. The molecule has 8 atom stereocenters. The van der Waals surface area contributed by atoms with Crippen molar-refractivity contribution in [1.29, 1.82) is 0 Å². The summed E-state index contributed by atoms with van der Waals surface area (Å²) < 4.78 is 0. The summed E-state index contributed by atoms with van der Waals surface area (Å²) in [5.41, 5.74) is 6.84. The highest BCUT2D eigenvalue weighted by molar-refractivity contribution is 7.99. The number of rotatable bonds is 13. The molecule has 0 aromatic carbocycles. The molecule has 4 aliphatic rings. The predicted molar refractivity (Wildman–Crippen MR) is 150 cm³/mol. The van der Waals surface area contributed by atoms with Crippen molar-refractivity contribution < 1.29 is 0 Å². The van der Waals surface area contributed by atoms with Gasteiger partial charge in [0.1, 0.15) is 0 Å². The van der Waals surface area contributed by atoms with E-state index in [1.807, 2.05) is 0 Å². The molecule has 3 nitrogen and oxygen atoms in total. The number of nitrogens with two attached hydrogens (primary N) is 1. The minimum absolute atomic E-state index is 0.645. The minimum atomic E-state index is 0.645. The fourth-order valence-corrected chi connectivity index (χ4v) is 11.0. The van der Waals surface area contributed by atoms with Gasteiger partial charge in [-0.05, 0) is 150 Å². The maximum Gasteiger partial charge on any atom is 0.00808 e. The molecule has 0 radical (unpaired) electrons. The Balaban J connectivity index is 1.15. The van der Waals surface area contributed by atoms with E-state index in [2.05, 4.69) is 43.2 Å². The molecule has 0 heterocycles. The lowest BCUT2D eigenvalue weighted by atomic mass is 9.43. The maximum absolute atomic E-state index is 5.53. The van der Waals surface area contributed by atoms with Crippen LogP contribution in [0.1, 0.15) is 104 Å². The van der Waals surface area contributed by atoms with E-state index >= 15 is 0 Å². The molecule has 4 fully saturated rings. The van der Waals surface area contributed by atoms with Crippen molar-refractivity contribution in [1.82, 2.24) is 10.6 Å². The van der Waals surface area contributed by atoms with Gasteiger partial charge < -0.3 is 16.4 Å². The predicted octanol–water partition coefficient (Wildman–Crippen LogP) is 6.47. The van der Waals surface area contributed by atoms with Crippen LogP contribution in [0.5, 0.6) is 0 Å². The third kappa shape index (κ3) is 5.86. The summed E-state index contributed by atoms with van der Waals surface area (Å²) in [7, 11) is 0. The van der Waals surface area contributed by atoms with Gasteiger partial charge in [-0.25, -0.2) is 0 Å². The molecule has 0 aromatic rings. The monoisotopic (exact) mass is 491 g/mol. The van der Waals surface area contributed by atoms with Gasteiger partial charge in [-0.15, -0.1) is 0 Å². The van der Waals surface area contributed by atoms with Crippen LogP contribution in [0.2, 0.25) is 0 Å². The average Bonchev–Trinajstić information content (AvgIpc) is 3.16. The van der Waals surface area contributed by atoms with Gasteiger partial charge in [0, 0.05) is 5.25 Å². The third-order valence-corrected chi connectivity index (χ3v) is 12.8. The first-order valence-electron chi connectivity index (χ1n) is 15.2. The number of nitrogens with one attached hydrogen (secondary N) is 2. The van der Waals surface area contributed by atoms with Crippen LogP contribution in [0.15, 0.2) is 0 Å². The number of fused-ring (bicyclic) bond motifs is 5. The van der Waals surface area contributed by atoms with Crippen LogP contribution >= 0.6 is 11.8 Å². The standard InChI is InChI=1S/C30H57N3S/c1-23-9-6-15-29(2)24(23)10-11-26-25(29)12-13-27-28(14-16-30(26,27)3)34-22-8-21-33-19-5-4-18-32-20-7-17-31/h23-28,32-33H,4-22,31H2,1-3H3. The Morgan fingerprint density at radius 3 is 2.00 bits per heavy atom. The van der Waals surface area contributed by atoms with Crippen LogP contribution in [0.3, 0.4) is 0 Å². The van der Waals surface area contributed by atoms with Crippen molar-refractivity contribution >= 4 is 11.8 Å². The van der Waals surface area contributed by atoms with Gasteiger partial charge in [0.15, 0.2) is 0 Å². The lowest BCUT2D eigenvalue weighted by Crippen LogP contribution is -2.55. The Labute approximate surface area is 216 Å². The summed E-state index contributed by atoms with van der Waals surface area (Å²) in [4.78, 5) is 0. The Morgan fingerprint density at radius 2 is 1.29 bits per heavy atom. The van der Waals surface area contributed by atoms with E-state index in [1.165, 1.54) is 83.1 Å². The molecular weight excluding hydrogens is 434 g/mol. The van der Waals surface area contributed by atoms with Gasteiger partial charge in [0.2, 0.25) is 0 Å². The van der Waals surface area contributed by atoms with Gasteiger partial charge in [-0.3, -0.25) is 0 Å². The second-order valence-corrected chi connectivity index (χ2v) is 14.5. The van der Waals surface area contributed by atoms with E-state index in [-0.39, 0.29) is 0 Å². The highest BCUT2D eigenvalue weighted by atomic mass is 32.2. The van der Waals surface area contributed by atoms with Crippen LogP contribution in [-0.2, 0) is 0 Å². The number of unbranched alkanes of at least 4 members (excludes halogenated alkanes) is 1. The Kier molecular flexibility index (Phi) is 10.1. The van der Waals surface area contributed by atoms with E-state index in [4.69, 9.17) is 5.73 Å². The van der Waals surface area contributed by atoms with Gasteiger partial charge in [0.25, 0.3) is 0 Å². The molecule has 0 saturated heterocycles. The van der Waals surface area contributed by atoms with E-state index in [1.54, 1.807) is 12.8 Å². The van der Waals surface area contributed by atoms with Gasteiger partial charge >= 0.3 is 0 Å². The molecule has 4 N–H and O–H groups in total. The molecule has 4 heteroatoms. The van der Waals surface area contributed by atoms with E-state index in [0.717, 1.165) is 60.9 Å². The van der Waals surface area contributed by atoms with E-state index in [9.17, 15) is 0 Å². The molecule has 0 amide bonds. The summed E-state index contributed by atoms with van der Waals surface area (Å²) in [5.74, 6) is 6.41. The minimum Gasteiger partial charge on any atom is -0.330 e. The van der Waals surface area contributed by atoms with E-state index in [0.29, 0.717) is 10.8 Å². The van der Waals surface area contributed by atoms with Crippen LogP contribution in [-0.4, -0.2) is 43.7 Å². The molecule has 198 valence electrons. The topological polar surface area (TPSA) is 50.1 Å². The largest absolute Gasteiger partial charge is 0.330 e. The lowest BCUT2D eigenvalue weighted by molar-refractivity contribution is -0.129. The molecule has 4 aliphatic carbocycles. The second kappa shape index (κ2) is 12.7. The van der Waals surface area contributed by atoms with Crippen molar-refractivity contribution in [3.8, 4) is 0 Å². The molecule has 0 aromatic heterocycles. The van der Waals surface area contributed by atoms with Gasteiger partial charge in [0.05, 0.1) is 0 Å². The molecule has 4 rings (SSSR count). The van der Waals surface area contributed by atoms with Gasteiger partial charge in [-0.2, -0.15) is 11.8 Å². The highest BCUT2D eigenvalue weighted by Gasteiger charge is 2.61. The third-order valence-electron chi connectivity index (χ3n) is 11.3. The molecule has 4 saturated carbocycles. The summed E-state index contributed by atoms with van der Waals surface area (Å²) in [6.45, 7) is 13.4. The lowest BCUT2D eigenvalue weighted by Gasteiger charge is -2.62. The molecule has 0 spiro atoms. The highest BCUT2D eigenvalue weighted by Crippen LogP contribution is 2.68. The van der Waals surface area contributed by atoms with E-state index < -0.39 is 0 Å². The van der Waals surface area contributed by atoms with Crippen LogP contribution < -0.4 is 16.4 Å². The zero-order valence-electron chi connectivity index (χ0n) is 22.9. The zero-order valence-corrected chi connectivity index (χ0v) is 23.7. The Morgan fingerprint density at radius 1 is 0.706 bits per heavy atom. The maximum atomic E-state index is 5.53. The normalized spacial score (nSPS) is 41.6. The summed E-state index contributed by atoms with van der Waals surface area (Å²) in [6.07, 6.45) is 18.7. The number of thioether (sulfide) groups is 1. The summed E-state index contributed by atoms with van der Waals surface area (Å²) in [6, 6.07) is 0. The SMILES string of the molecule is CC1CCCC2(C)C1CCC1C2CCC2C(SCCCNCCCCNCCCN)CCC21C. The second-order valence-electron chi connectivity index (χ2n) is 13.1. The molecule has 34 heavy (non-hydrogen) atoms. The Hall–Kier alpha value is 0.230. The zero-order chi connectivity index (χ0) is 24.0. The summed E-state index contributed by atoms with van der Waals surface area (Å²) >= 11 is 2.35. The van der Waals surface area contributed by atoms with Crippen molar-refractivity contribution in [2.24, 2.45) is 46.2 Å². The number of hydrogen-bond acceptors (Lipinski definition) is 4. The average molecular weight is 492 g/mol. The fraction of sp³-hybridized carbons (Fsp3) is 1.00. The molecular formula is C30H57N3S. The van der Waals surface area contributed by atoms with Crippen molar-refractivity contribution in [2.45, 2.75) is 109 Å². The molecule has 0 bridgehead atoms. The van der Waals surface area contributed by atoms with Gasteiger partial charge in [-0.1, -0.05) is 33.6 Å². The van der Waals surface area contributed by atoms with Crippen LogP contribution in [0.4, 0.5) is 0 Å².